The first kappa shape index (κ1) is 26.1. The van der Waals surface area contributed by atoms with Gasteiger partial charge in [-0.25, -0.2) is 4.37 Å². The number of H-pyrrole nitrogens is 1. The van der Waals surface area contributed by atoms with E-state index in [0.29, 0.717) is 39.1 Å². The zero-order valence-corrected chi connectivity index (χ0v) is 23.7. The minimum atomic E-state index is -0.841. The van der Waals surface area contributed by atoms with Crippen LogP contribution >= 0.6 is 34.9 Å². The molecule has 2 aromatic heterocycles. The number of carbonyl (C=O) groups is 1. The maximum atomic E-state index is 13.2. The van der Waals surface area contributed by atoms with Crippen LogP contribution in [0.4, 0.5) is 0 Å². The number of carbonyl (C=O) groups excluding carboxylic acids is 1. The van der Waals surface area contributed by atoms with Gasteiger partial charge in [0.25, 0.3) is 17.3 Å². The molecule has 1 aliphatic heterocycles. The summed E-state index contributed by atoms with van der Waals surface area (Å²) in [6, 6.07) is 3.53. The topological polar surface area (TPSA) is 93.3 Å². The molecule has 1 atom stereocenters. The second-order valence-corrected chi connectivity index (χ2v) is 11.8. The molecule has 0 radical (unpaired) electrons. The summed E-state index contributed by atoms with van der Waals surface area (Å²) in [5.74, 6) is 0.566. The summed E-state index contributed by atoms with van der Waals surface area (Å²) in [5, 5.41) is 5.36. The molecule has 37 heavy (non-hydrogen) atoms. The van der Waals surface area contributed by atoms with Crippen molar-refractivity contribution in [3.63, 3.8) is 0 Å². The number of nitrogens with one attached hydrogen (secondary N) is 2. The molecule has 5 rings (SSSR count). The lowest BCUT2D eigenvalue weighted by Crippen LogP contribution is -2.44. The molecule has 1 fully saturated rings. The monoisotopic (exact) mass is 559 g/mol. The van der Waals surface area contributed by atoms with Crippen molar-refractivity contribution >= 4 is 40.8 Å². The first-order valence-electron chi connectivity index (χ1n) is 12.4. The van der Waals surface area contributed by atoms with Gasteiger partial charge in [-0.1, -0.05) is 11.6 Å². The highest BCUT2D eigenvalue weighted by Gasteiger charge is 2.47. The fraction of sp³-hybridized carbons (Fsp3) is 0.444. The number of hydrogen-bond donors (Lipinski definition) is 2. The van der Waals surface area contributed by atoms with Crippen LogP contribution < -0.4 is 20.3 Å². The molecule has 196 valence electrons. The van der Waals surface area contributed by atoms with E-state index in [0.717, 1.165) is 36.3 Å². The van der Waals surface area contributed by atoms with Crippen LogP contribution in [0.1, 0.15) is 71.3 Å². The van der Waals surface area contributed by atoms with E-state index in [4.69, 9.17) is 21.1 Å². The van der Waals surface area contributed by atoms with Crippen molar-refractivity contribution in [3.05, 3.63) is 67.0 Å². The van der Waals surface area contributed by atoms with E-state index in [1.807, 2.05) is 39.3 Å². The van der Waals surface area contributed by atoms with Gasteiger partial charge in [0.2, 0.25) is 0 Å². The van der Waals surface area contributed by atoms with E-state index < -0.39 is 5.79 Å². The summed E-state index contributed by atoms with van der Waals surface area (Å²) in [6.45, 7) is 5.75. The number of thioether (sulfide) groups is 1. The quantitative estimate of drug-likeness (QED) is 0.348. The van der Waals surface area contributed by atoms with Crippen LogP contribution in [0.2, 0.25) is 5.02 Å². The van der Waals surface area contributed by atoms with Crippen molar-refractivity contribution in [1.82, 2.24) is 14.7 Å². The largest absolute Gasteiger partial charge is 0.448 e. The van der Waals surface area contributed by atoms with E-state index in [2.05, 4.69) is 20.1 Å². The van der Waals surface area contributed by atoms with E-state index in [-0.39, 0.29) is 23.9 Å². The van der Waals surface area contributed by atoms with Crippen LogP contribution in [-0.4, -0.2) is 27.3 Å². The molecule has 2 N–H and O–H groups in total. The number of pyridine rings is 1. The zero-order chi connectivity index (χ0) is 26.3. The predicted octanol–water partition coefficient (Wildman–Crippen LogP) is 6.21. The minimum Gasteiger partial charge on any atom is -0.448 e. The Kier molecular flexibility index (Phi) is 7.31. The number of nitrogens with zero attached hydrogens (tertiary/aromatic N) is 1. The lowest BCUT2D eigenvalue weighted by atomic mass is 9.76. The second kappa shape index (κ2) is 10.3. The van der Waals surface area contributed by atoms with Gasteiger partial charge in [-0.3, -0.25) is 9.59 Å². The Morgan fingerprint density at radius 3 is 2.65 bits per heavy atom. The number of aromatic nitrogens is 2. The van der Waals surface area contributed by atoms with E-state index in [1.165, 1.54) is 28.9 Å². The standard InChI is InChI=1S/C27H30ClN3O4S2/c1-14-9-22(36-4)20(26(33)31-14)12-29-25(32)19-10-21(28)24-23(15(19)2)34-27(3,35-24)18-7-5-16(6-8-18)17-11-30-37-13-17/h9-11,13,16,18H,5-8,12H2,1-4H3,(H,29,32)(H,31,33). The van der Waals surface area contributed by atoms with Gasteiger partial charge in [0.1, 0.15) is 0 Å². The smallest absolute Gasteiger partial charge is 0.254 e. The van der Waals surface area contributed by atoms with Gasteiger partial charge in [-0.15, -0.1) is 11.8 Å². The minimum absolute atomic E-state index is 0.108. The van der Waals surface area contributed by atoms with Crippen molar-refractivity contribution in [2.45, 2.75) is 69.6 Å². The van der Waals surface area contributed by atoms with Crippen LogP contribution in [0.3, 0.4) is 0 Å². The Hall–Kier alpha value is -2.49. The Bertz CT molecular complexity index is 1380. The van der Waals surface area contributed by atoms with E-state index >= 15 is 0 Å². The third-order valence-electron chi connectivity index (χ3n) is 7.56. The van der Waals surface area contributed by atoms with Gasteiger partial charge in [0.05, 0.1) is 5.02 Å². The van der Waals surface area contributed by atoms with Crippen LogP contribution in [-0.2, 0) is 6.54 Å². The summed E-state index contributed by atoms with van der Waals surface area (Å²) < 4.78 is 17.0. The normalized spacial score (nSPS) is 22.7. The number of amides is 1. The Balaban J connectivity index is 1.31. The molecule has 10 heteroatoms. The Labute approximate surface area is 229 Å². The average Bonchev–Trinajstić information content (AvgIpc) is 3.54. The van der Waals surface area contributed by atoms with Crippen LogP contribution in [0.25, 0.3) is 0 Å². The molecule has 1 saturated carbocycles. The number of hydrogen-bond acceptors (Lipinski definition) is 7. The Morgan fingerprint density at radius 1 is 1.24 bits per heavy atom. The first-order valence-corrected chi connectivity index (χ1v) is 14.8. The molecule has 7 nitrogen and oxygen atoms in total. The van der Waals surface area contributed by atoms with Gasteiger partial charge in [-0.05, 0) is 80.9 Å². The van der Waals surface area contributed by atoms with Crippen molar-refractivity contribution in [1.29, 1.82) is 0 Å². The summed E-state index contributed by atoms with van der Waals surface area (Å²) in [4.78, 5) is 29.3. The maximum absolute atomic E-state index is 13.2. The molecule has 1 aromatic carbocycles. The summed E-state index contributed by atoms with van der Waals surface area (Å²) in [6.07, 6.45) is 7.93. The molecular weight excluding hydrogens is 530 g/mol. The highest BCUT2D eigenvalue weighted by Crippen LogP contribution is 2.52. The lowest BCUT2D eigenvalue weighted by Gasteiger charge is -2.37. The summed E-state index contributed by atoms with van der Waals surface area (Å²) in [7, 11) is 0. The number of halogens is 1. The molecule has 3 aromatic rings. The van der Waals surface area contributed by atoms with E-state index in [9.17, 15) is 9.59 Å². The van der Waals surface area contributed by atoms with Crippen LogP contribution in [0.5, 0.6) is 11.5 Å². The van der Waals surface area contributed by atoms with E-state index in [1.54, 1.807) is 6.07 Å². The third kappa shape index (κ3) is 5.01. The fourth-order valence-corrected chi connectivity index (χ4v) is 6.97. The maximum Gasteiger partial charge on any atom is 0.254 e. The van der Waals surface area contributed by atoms with Gasteiger partial charge in [0.15, 0.2) is 11.5 Å². The van der Waals surface area contributed by atoms with Crippen LogP contribution in [0, 0.1) is 19.8 Å². The SMILES string of the molecule is CSc1cc(C)[nH]c(=O)c1CNC(=O)c1cc(Cl)c2c(c1C)OC(C)(C1CCC(c3cnsc3)CC1)O2. The predicted molar refractivity (Wildman–Crippen MR) is 147 cm³/mol. The van der Waals surface area contributed by atoms with Crippen molar-refractivity contribution in [2.75, 3.05) is 6.26 Å². The van der Waals surface area contributed by atoms with Crippen molar-refractivity contribution < 1.29 is 14.3 Å². The molecule has 2 aliphatic rings. The zero-order valence-electron chi connectivity index (χ0n) is 21.3. The van der Waals surface area contributed by atoms with Crippen molar-refractivity contribution in [2.24, 2.45) is 5.92 Å². The number of fused-ring (bicyclic) bond motifs is 1. The molecule has 3 heterocycles. The number of aromatic amines is 1. The van der Waals surface area contributed by atoms with Gasteiger partial charge >= 0.3 is 0 Å². The molecule has 0 spiro atoms. The molecule has 0 bridgehead atoms. The number of benzene rings is 1. The molecular formula is C27H30ClN3O4S2. The highest BCUT2D eigenvalue weighted by atomic mass is 35.5. The highest BCUT2D eigenvalue weighted by molar-refractivity contribution is 7.98. The first-order chi connectivity index (χ1) is 17.7. The molecule has 0 saturated heterocycles. The van der Waals surface area contributed by atoms with Gasteiger partial charge < -0.3 is 19.8 Å². The lowest BCUT2D eigenvalue weighted by molar-refractivity contribution is -0.121. The van der Waals surface area contributed by atoms with Gasteiger partial charge in [0, 0.05) is 58.2 Å². The second-order valence-electron chi connectivity index (χ2n) is 9.93. The Morgan fingerprint density at radius 2 is 1.97 bits per heavy atom. The number of rotatable bonds is 6. The average molecular weight is 560 g/mol. The molecule has 1 amide bonds. The summed E-state index contributed by atoms with van der Waals surface area (Å²) >= 11 is 9.58. The van der Waals surface area contributed by atoms with Crippen LogP contribution in [0.15, 0.2) is 33.4 Å². The number of aryl methyl sites for hydroxylation is 1. The molecule has 1 aliphatic carbocycles. The van der Waals surface area contributed by atoms with Gasteiger partial charge in [-0.2, -0.15) is 0 Å². The third-order valence-corrected chi connectivity index (χ3v) is 9.25. The number of ether oxygens (including phenoxy) is 2. The fourth-order valence-electron chi connectivity index (χ4n) is 5.41. The summed E-state index contributed by atoms with van der Waals surface area (Å²) in [5.41, 5.74) is 3.49. The van der Waals surface area contributed by atoms with Crippen molar-refractivity contribution in [3.8, 4) is 11.5 Å². The molecule has 1 unspecified atom stereocenters.